The van der Waals surface area contributed by atoms with Crippen LogP contribution in [0.2, 0.25) is 0 Å². The van der Waals surface area contributed by atoms with Crippen molar-refractivity contribution in [1.82, 2.24) is 24.6 Å². The molecular weight excluding hydrogens is 392 g/mol. The van der Waals surface area contributed by atoms with Gasteiger partial charge in [0.25, 0.3) is 0 Å². The van der Waals surface area contributed by atoms with E-state index in [9.17, 15) is 0 Å². The lowest BCUT2D eigenvalue weighted by Gasteiger charge is -2.24. The summed E-state index contributed by atoms with van der Waals surface area (Å²) in [4.78, 5) is 13.8. The molecule has 0 radical (unpaired) electrons. The highest BCUT2D eigenvalue weighted by Gasteiger charge is 2.12. The Hall–Kier alpha value is -2.09. The first-order valence-corrected chi connectivity index (χ1v) is 11.9. The maximum atomic E-state index is 6.01. The fraction of sp³-hybridized carbons (Fsp3) is 0.478. The van der Waals surface area contributed by atoms with Gasteiger partial charge in [-0.3, -0.25) is 4.72 Å². The topological polar surface area (TPSA) is 82.9 Å². The van der Waals surface area contributed by atoms with E-state index >= 15 is 0 Å². The van der Waals surface area contributed by atoms with Crippen molar-refractivity contribution >= 4 is 28.8 Å². The molecule has 2 fully saturated rings. The van der Waals surface area contributed by atoms with Gasteiger partial charge in [-0.05, 0) is 56.9 Å². The van der Waals surface area contributed by atoms with Gasteiger partial charge in [0.15, 0.2) is 0 Å². The lowest BCUT2D eigenvalue weighted by atomic mass is 10.0. The molecule has 2 aliphatic rings. The molecule has 3 aromatic rings. The molecular formula is C23H34N6S. The molecule has 0 bridgehead atoms. The minimum atomic E-state index is 0.501. The SMILES string of the molecule is C1CCC1.CN1CCC1.CSNCc1cc(C)cc(-c2c[nH]c3ncnc(N)c23)c1. The molecule has 1 saturated heterocycles. The smallest absolute Gasteiger partial charge is 0.143 e. The zero-order valence-electron chi connectivity index (χ0n) is 18.4. The van der Waals surface area contributed by atoms with E-state index in [0.29, 0.717) is 5.82 Å². The van der Waals surface area contributed by atoms with Crippen molar-refractivity contribution in [3.63, 3.8) is 0 Å². The number of nitrogens with two attached hydrogens (primary N) is 1. The molecule has 1 aromatic carbocycles. The predicted molar refractivity (Wildman–Crippen MR) is 129 cm³/mol. The number of hydrogen-bond donors (Lipinski definition) is 3. The van der Waals surface area contributed by atoms with Gasteiger partial charge in [-0.15, -0.1) is 0 Å². The highest BCUT2D eigenvalue weighted by atomic mass is 32.2. The van der Waals surface area contributed by atoms with Crippen LogP contribution in [0.5, 0.6) is 0 Å². The Morgan fingerprint density at radius 2 is 1.80 bits per heavy atom. The number of nitrogens with one attached hydrogen (secondary N) is 2. The Balaban J connectivity index is 0.000000233. The van der Waals surface area contributed by atoms with Gasteiger partial charge in [0, 0.05) is 18.3 Å². The number of aryl methyl sites for hydroxylation is 1. The number of aromatic nitrogens is 3. The molecule has 6 nitrogen and oxygen atoms in total. The third kappa shape index (κ3) is 6.20. The Morgan fingerprint density at radius 3 is 2.37 bits per heavy atom. The van der Waals surface area contributed by atoms with E-state index in [1.165, 1.54) is 62.6 Å². The summed E-state index contributed by atoms with van der Waals surface area (Å²) in [7, 11) is 2.14. The molecule has 0 unspecified atom stereocenters. The average Bonchev–Trinajstić information content (AvgIpc) is 3.09. The van der Waals surface area contributed by atoms with Crippen LogP contribution in [0.15, 0.2) is 30.7 Å². The molecule has 0 spiro atoms. The number of rotatable bonds is 4. The third-order valence-corrected chi connectivity index (χ3v) is 5.88. The molecule has 30 heavy (non-hydrogen) atoms. The number of nitrogen functional groups attached to an aromatic ring is 1. The summed E-state index contributed by atoms with van der Waals surface area (Å²) in [6, 6.07) is 6.50. The summed E-state index contributed by atoms with van der Waals surface area (Å²) >= 11 is 1.61. The van der Waals surface area contributed by atoms with Crippen molar-refractivity contribution < 1.29 is 0 Å². The lowest BCUT2D eigenvalue weighted by molar-refractivity contribution is 0.229. The minimum Gasteiger partial charge on any atom is -0.383 e. The second-order valence-electron chi connectivity index (χ2n) is 7.99. The fourth-order valence-electron chi connectivity index (χ4n) is 3.21. The number of anilines is 1. The second-order valence-corrected chi connectivity index (χ2v) is 8.69. The molecule has 1 aliphatic heterocycles. The first kappa shape index (κ1) is 22.6. The van der Waals surface area contributed by atoms with Crippen molar-refractivity contribution in [2.75, 3.05) is 32.1 Å². The maximum absolute atomic E-state index is 6.01. The molecule has 4 N–H and O–H groups in total. The second kappa shape index (κ2) is 11.3. The summed E-state index contributed by atoms with van der Waals surface area (Å²) in [5, 5.41) is 0.881. The van der Waals surface area contributed by atoms with E-state index < -0.39 is 0 Å². The largest absolute Gasteiger partial charge is 0.383 e. The molecule has 1 saturated carbocycles. The van der Waals surface area contributed by atoms with Crippen LogP contribution < -0.4 is 10.5 Å². The first-order valence-electron chi connectivity index (χ1n) is 10.7. The molecule has 0 atom stereocenters. The number of likely N-dealkylation sites (tertiary alicyclic amines) is 1. The monoisotopic (exact) mass is 426 g/mol. The van der Waals surface area contributed by atoms with E-state index in [1.807, 2.05) is 12.5 Å². The summed E-state index contributed by atoms with van der Waals surface area (Å²) in [5.41, 5.74) is 11.4. The standard InChI is InChI=1S/C15H17N5S.C4H9N.C4H8/c1-9-3-10(6-20-21-2)5-11(4-9)12-7-17-15-13(12)14(16)18-8-19-15;1-5-3-2-4-5;1-2-4-3-1/h3-5,7-8,20H,6H2,1-2H3,(H3,16,17,18,19);2-4H2,1H3;1-4H2. The quantitative estimate of drug-likeness (QED) is 0.522. The van der Waals surface area contributed by atoms with E-state index in [2.05, 4.69) is 56.7 Å². The molecule has 5 rings (SSSR count). The van der Waals surface area contributed by atoms with Gasteiger partial charge in [-0.1, -0.05) is 55.3 Å². The van der Waals surface area contributed by atoms with Crippen molar-refractivity contribution in [2.24, 2.45) is 0 Å². The van der Waals surface area contributed by atoms with Gasteiger partial charge in [0.1, 0.15) is 17.8 Å². The normalized spacial score (nSPS) is 15.3. The average molecular weight is 427 g/mol. The van der Waals surface area contributed by atoms with E-state index in [4.69, 9.17) is 5.73 Å². The molecule has 162 valence electrons. The van der Waals surface area contributed by atoms with Crippen LogP contribution in [0, 0.1) is 6.92 Å². The number of aromatic amines is 1. The Kier molecular flexibility index (Phi) is 8.54. The minimum absolute atomic E-state index is 0.501. The van der Waals surface area contributed by atoms with E-state index in [-0.39, 0.29) is 0 Å². The Morgan fingerprint density at radius 1 is 1.10 bits per heavy atom. The number of fused-ring (bicyclic) bond motifs is 1. The molecule has 7 heteroatoms. The van der Waals surface area contributed by atoms with Crippen LogP contribution in [0.25, 0.3) is 22.2 Å². The van der Waals surface area contributed by atoms with Crippen LogP contribution in [-0.4, -0.2) is 46.2 Å². The van der Waals surface area contributed by atoms with Crippen LogP contribution in [0.4, 0.5) is 5.82 Å². The van der Waals surface area contributed by atoms with Crippen LogP contribution in [-0.2, 0) is 6.54 Å². The fourth-order valence-corrected chi connectivity index (χ4v) is 3.53. The Bertz CT molecular complexity index is 927. The van der Waals surface area contributed by atoms with Gasteiger partial charge < -0.3 is 15.6 Å². The van der Waals surface area contributed by atoms with Gasteiger partial charge >= 0.3 is 0 Å². The Labute approximate surface area is 184 Å². The number of nitrogens with zero attached hydrogens (tertiary/aromatic N) is 3. The van der Waals surface area contributed by atoms with Crippen molar-refractivity contribution in [3.8, 4) is 11.1 Å². The lowest BCUT2D eigenvalue weighted by Crippen LogP contribution is -2.32. The van der Waals surface area contributed by atoms with Gasteiger partial charge in [-0.2, -0.15) is 0 Å². The molecule has 3 heterocycles. The number of benzene rings is 1. The van der Waals surface area contributed by atoms with Crippen LogP contribution >= 0.6 is 11.9 Å². The van der Waals surface area contributed by atoms with Crippen LogP contribution in [0.1, 0.15) is 43.2 Å². The highest BCUT2D eigenvalue weighted by molar-refractivity contribution is 7.96. The third-order valence-electron chi connectivity index (χ3n) is 5.45. The van der Waals surface area contributed by atoms with Gasteiger partial charge in [0.2, 0.25) is 0 Å². The predicted octanol–water partition coefficient (Wildman–Crippen LogP) is 4.77. The summed E-state index contributed by atoms with van der Waals surface area (Å²) in [6.07, 6.45) is 12.9. The highest BCUT2D eigenvalue weighted by Crippen LogP contribution is 2.31. The van der Waals surface area contributed by atoms with E-state index in [1.54, 1.807) is 11.9 Å². The van der Waals surface area contributed by atoms with Crippen molar-refractivity contribution in [2.45, 2.75) is 45.6 Å². The molecule has 2 aromatic heterocycles. The summed E-state index contributed by atoms with van der Waals surface area (Å²) in [6.45, 7) is 5.56. The van der Waals surface area contributed by atoms with Crippen LogP contribution in [0.3, 0.4) is 0 Å². The zero-order valence-corrected chi connectivity index (χ0v) is 19.2. The first-order chi connectivity index (χ1) is 14.6. The van der Waals surface area contributed by atoms with Crippen molar-refractivity contribution in [3.05, 3.63) is 41.9 Å². The molecule has 0 amide bonds. The molecule has 1 aliphatic carbocycles. The maximum Gasteiger partial charge on any atom is 0.143 e. The summed E-state index contributed by atoms with van der Waals surface area (Å²) in [5.74, 6) is 0.501. The number of hydrogen-bond acceptors (Lipinski definition) is 6. The van der Waals surface area contributed by atoms with Gasteiger partial charge in [-0.25, -0.2) is 9.97 Å². The zero-order chi connectivity index (χ0) is 21.3. The number of H-pyrrole nitrogens is 1. The summed E-state index contributed by atoms with van der Waals surface area (Å²) < 4.78 is 3.27. The van der Waals surface area contributed by atoms with E-state index in [0.717, 1.165) is 28.7 Å². The van der Waals surface area contributed by atoms with Gasteiger partial charge in [0.05, 0.1) is 5.39 Å². The van der Waals surface area contributed by atoms with Crippen molar-refractivity contribution in [1.29, 1.82) is 0 Å².